The molecule has 0 N–H and O–H groups in total. The van der Waals surface area contributed by atoms with Crippen LogP contribution < -0.4 is 4.90 Å². The van der Waals surface area contributed by atoms with Gasteiger partial charge in [0.25, 0.3) is 0 Å². The number of ether oxygens (including phenoxy) is 2. The Hall–Kier alpha value is -2.17. The Morgan fingerprint density at radius 1 is 1.32 bits per heavy atom. The molecule has 3 aliphatic rings. The van der Waals surface area contributed by atoms with Gasteiger partial charge in [0.05, 0.1) is 36.5 Å². The summed E-state index contributed by atoms with van der Waals surface area (Å²) in [6.07, 6.45) is 4.33. The summed E-state index contributed by atoms with van der Waals surface area (Å²) >= 11 is 0. The van der Waals surface area contributed by atoms with Crippen LogP contribution in [-0.2, 0) is 27.3 Å². The van der Waals surface area contributed by atoms with E-state index in [2.05, 4.69) is 31.7 Å². The van der Waals surface area contributed by atoms with Crippen LogP contribution in [0.3, 0.4) is 0 Å². The van der Waals surface area contributed by atoms with Gasteiger partial charge in [0.2, 0.25) is 5.91 Å². The first-order valence-electron chi connectivity index (χ1n) is 11.5. The Morgan fingerprint density at radius 3 is 2.74 bits per heavy atom. The quantitative estimate of drug-likeness (QED) is 0.695. The predicted molar refractivity (Wildman–Crippen MR) is 118 cm³/mol. The highest BCUT2D eigenvalue weighted by Gasteiger charge is 2.38. The van der Waals surface area contributed by atoms with Gasteiger partial charge < -0.3 is 19.3 Å². The molecule has 0 bridgehead atoms. The van der Waals surface area contributed by atoms with E-state index < -0.39 is 0 Å². The topological polar surface area (TPSA) is 78.7 Å². The van der Waals surface area contributed by atoms with Crippen LogP contribution >= 0.6 is 0 Å². The van der Waals surface area contributed by atoms with Crippen LogP contribution in [0.25, 0.3) is 0 Å². The highest BCUT2D eigenvalue weighted by Crippen LogP contribution is 2.45. The van der Waals surface area contributed by atoms with Gasteiger partial charge in [-0.15, -0.1) is 0 Å². The van der Waals surface area contributed by atoms with E-state index in [0.717, 1.165) is 48.3 Å². The molecule has 7 nitrogen and oxygen atoms in total. The molecule has 1 aromatic heterocycles. The van der Waals surface area contributed by atoms with E-state index in [1.54, 1.807) is 7.11 Å². The van der Waals surface area contributed by atoms with E-state index in [9.17, 15) is 10.1 Å². The molecule has 168 valence electrons. The first kappa shape index (κ1) is 22.0. The number of anilines is 1. The lowest BCUT2D eigenvalue weighted by atomic mass is 9.87. The third kappa shape index (κ3) is 4.42. The van der Waals surface area contributed by atoms with Crippen LogP contribution in [0.5, 0.6) is 0 Å². The molecule has 1 aliphatic carbocycles. The van der Waals surface area contributed by atoms with Crippen molar-refractivity contribution in [2.75, 3.05) is 38.3 Å². The van der Waals surface area contributed by atoms with Gasteiger partial charge >= 0.3 is 0 Å². The van der Waals surface area contributed by atoms with E-state index in [-0.39, 0.29) is 17.6 Å². The van der Waals surface area contributed by atoms with Crippen LogP contribution in [0.2, 0.25) is 0 Å². The highest BCUT2D eigenvalue weighted by atomic mass is 16.5. The summed E-state index contributed by atoms with van der Waals surface area (Å²) in [5, 5.41) is 10.1. The summed E-state index contributed by atoms with van der Waals surface area (Å²) in [6, 6.07) is 2.60. The maximum absolute atomic E-state index is 12.7. The zero-order chi connectivity index (χ0) is 22.2. The number of nitriles is 1. The summed E-state index contributed by atoms with van der Waals surface area (Å²) in [5.74, 6) is 1.44. The number of rotatable bonds is 6. The summed E-state index contributed by atoms with van der Waals surface area (Å²) in [4.78, 5) is 22.0. The molecule has 4 rings (SSSR count). The van der Waals surface area contributed by atoms with Crippen molar-refractivity contribution in [3.63, 3.8) is 0 Å². The van der Waals surface area contributed by atoms with E-state index in [4.69, 9.17) is 14.5 Å². The van der Waals surface area contributed by atoms with Crippen LogP contribution in [0.15, 0.2) is 0 Å². The van der Waals surface area contributed by atoms with E-state index in [1.165, 1.54) is 0 Å². The van der Waals surface area contributed by atoms with Gasteiger partial charge in [-0.25, -0.2) is 4.98 Å². The third-order valence-electron chi connectivity index (χ3n) is 6.80. The number of hydrogen-bond donors (Lipinski definition) is 0. The molecule has 1 amide bonds. The molecule has 1 saturated heterocycles. The minimum atomic E-state index is -0.281. The zero-order valence-electron chi connectivity index (χ0n) is 19.2. The summed E-state index contributed by atoms with van der Waals surface area (Å²) in [7, 11) is 1.62. The van der Waals surface area contributed by atoms with Gasteiger partial charge in [0.1, 0.15) is 11.9 Å². The fourth-order valence-corrected chi connectivity index (χ4v) is 4.88. The van der Waals surface area contributed by atoms with Gasteiger partial charge in [-0.2, -0.15) is 5.26 Å². The van der Waals surface area contributed by atoms with Crippen molar-refractivity contribution in [3.8, 4) is 6.07 Å². The number of pyridine rings is 1. The molecule has 1 unspecified atom stereocenters. The number of hydrogen-bond acceptors (Lipinski definition) is 6. The standard InChI is InChI=1S/C24H34N4O3/c1-5-17-14-27(9-10-28(17)21(29)8-11-30-4)23-19(13-25)18-12-24(2,3)31-15-20(18)22(26-23)16-6-7-16/h16-17H,5-12,14-15H2,1-4H3. The van der Waals surface area contributed by atoms with Gasteiger partial charge in [-0.05, 0) is 38.7 Å². The Balaban J connectivity index is 1.66. The SMILES string of the molecule is CCC1CN(c2nc(C3CC3)c3c(c2C#N)CC(C)(C)OC3)CCN1C(=O)CCOC. The van der Waals surface area contributed by atoms with Crippen molar-refractivity contribution in [2.24, 2.45) is 0 Å². The van der Waals surface area contributed by atoms with Crippen LogP contribution in [0, 0.1) is 11.3 Å². The minimum absolute atomic E-state index is 0.117. The molecule has 7 heteroatoms. The number of nitrogens with zero attached hydrogens (tertiary/aromatic N) is 4. The second-order valence-electron chi connectivity index (χ2n) is 9.60. The second-order valence-corrected chi connectivity index (χ2v) is 9.60. The average molecular weight is 427 g/mol. The number of methoxy groups -OCH3 is 1. The van der Waals surface area contributed by atoms with Crippen molar-refractivity contribution in [1.82, 2.24) is 9.88 Å². The van der Waals surface area contributed by atoms with Crippen LogP contribution in [0.1, 0.15) is 74.8 Å². The Morgan fingerprint density at radius 2 is 2.10 bits per heavy atom. The first-order valence-corrected chi connectivity index (χ1v) is 11.5. The fraction of sp³-hybridized carbons (Fsp3) is 0.708. The lowest BCUT2D eigenvalue weighted by molar-refractivity contribution is -0.135. The van der Waals surface area contributed by atoms with Gasteiger partial charge in [0.15, 0.2) is 0 Å². The Labute approximate surface area is 185 Å². The van der Waals surface area contributed by atoms with Crippen LogP contribution in [-0.4, -0.2) is 60.8 Å². The summed E-state index contributed by atoms with van der Waals surface area (Å²) in [5.41, 5.74) is 3.81. The van der Waals surface area contributed by atoms with E-state index in [0.29, 0.717) is 50.8 Å². The van der Waals surface area contributed by atoms with Crippen molar-refractivity contribution >= 4 is 11.7 Å². The van der Waals surface area contributed by atoms with Crippen molar-refractivity contribution < 1.29 is 14.3 Å². The maximum Gasteiger partial charge on any atom is 0.225 e. The number of carbonyl (C=O) groups excluding carboxylic acids is 1. The molecular weight excluding hydrogens is 392 g/mol. The van der Waals surface area contributed by atoms with Crippen molar-refractivity contribution in [3.05, 3.63) is 22.4 Å². The minimum Gasteiger partial charge on any atom is -0.384 e. The Bertz CT molecular complexity index is 888. The lowest BCUT2D eigenvalue weighted by Gasteiger charge is -2.43. The van der Waals surface area contributed by atoms with E-state index >= 15 is 0 Å². The van der Waals surface area contributed by atoms with Crippen molar-refractivity contribution in [2.45, 2.75) is 77.0 Å². The molecule has 3 heterocycles. The highest BCUT2D eigenvalue weighted by molar-refractivity contribution is 5.77. The Kier molecular flexibility index (Phi) is 6.23. The van der Waals surface area contributed by atoms with Crippen LogP contribution in [0.4, 0.5) is 5.82 Å². The van der Waals surface area contributed by atoms with Gasteiger partial charge in [-0.1, -0.05) is 6.92 Å². The second kappa shape index (κ2) is 8.76. The number of amides is 1. The molecule has 1 atom stereocenters. The van der Waals surface area contributed by atoms with Gasteiger partial charge in [-0.3, -0.25) is 4.79 Å². The third-order valence-corrected chi connectivity index (χ3v) is 6.80. The molecule has 1 aromatic rings. The van der Waals surface area contributed by atoms with E-state index in [1.807, 2.05) is 4.90 Å². The largest absolute Gasteiger partial charge is 0.384 e. The molecule has 31 heavy (non-hydrogen) atoms. The van der Waals surface area contributed by atoms with Crippen molar-refractivity contribution in [1.29, 1.82) is 5.26 Å². The average Bonchev–Trinajstić information content (AvgIpc) is 3.60. The first-order chi connectivity index (χ1) is 14.9. The zero-order valence-corrected chi connectivity index (χ0v) is 19.2. The summed E-state index contributed by atoms with van der Waals surface area (Å²) in [6.45, 7) is 9.33. The normalized spacial score (nSPS) is 22.7. The number of aromatic nitrogens is 1. The monoisotopic (exact) mass is 426 g/mol. The molecular formula is C24H34N4O3. The smallest absolute Gasteiger partial charge is 0.225 e. The number of carbonyl (C=O) groups is 1. The van der Waals surface area contributed by atoms with Gasteiger partial charge in [0, 0.05) is 50.7 Å². The fourth-order valence-electron chi connectivity index (χ4n) is 4.88. The predicted octanol–water partition coefficient (Wildman–Crippen LogP) is 3.15. The molecule has 0 radical (unpaired) electrons. The number of fused-ring (bicyclic) bond motifs is 1. The summed E-state index contributed by atoms with van der Waals surface area (Å²) < 4.78 is 11.2. The maximum atomic E-state index is 12.7. The molecule has 0 aromatic carbocycles. The molecule has 2 fully saturated rings. The molecule has 1 saturated carbocycles. The molecule has 2 aliphatic heterocycles. The molecule has 0 spiro atoms. The number of piperazine rings is 1. The lowest BCUT2D eigenvalue weighted by Crippen LogP contribution is -2.55.